The van der Waals surface area contributed by atoms with Crippen molar-refractivity contribution >= 4 is 44.1 Å². The summed E-state index contributed by atoms with van der Waals surface area (Å²) in [6.45, 7) is 0. The number of imidazole rings is 4. The first-order valence-electron chi connectivity index (χ1n) is 15.3. The summed E-state index contributed by atoms with van der Waals surface area (Å²) in [7, 11) is 8.32. The fraction of sp³-hybridized carbons (Fsp3) is 0.105. The predicted octanol–water partition coefficient (Wildman–Crippen LogP) is 7.90. The van der Waals surface area contributed by atoms with Crippen LogP contribution in [0.3, 0.4) is 0 Å². The molecule has 0 saturated carbocycles. The van der Waals surface area contributed by atoms with Gasteiger partial charge in [-0.2, -0.15) is 0 Å². The van der Waals surface area contributed by atoms with Crippen molar-refractivity contribution in [2.45, 2.75) is 0 Å². The molecule has 0 aliphatic rings. The van der Waals surface area contributed by atoms with Crippen molar-refractivity contribution < 1.29 is 0 Å². The number of para-hydroxylation sites is 8. The van der Waals surface area contributed by atoms with Crippen molar-refractivity contribution in [2.24, 2.45) is 28.2 Å². The number of rotatable bonds is 4. The minimum absolute atomic E-state index is 0.861. The van der Waals surface area contributed by atoms with E-state index in [1.807, 2.05) is 24.3 Å². The van der Waals surface area contributed by atoms with Crippen molar-refractivity contribution in [3.05, 3.63) is 109 Å². The Balaban J connectivity index is 1.44. The van der Waals surface area contributed by atoms with Gasteiger partial charge in [0, 0.05) is 50.4 Å². The van der Waals surface area contributed by atoms with Gasteiger partial charge in [-0.15, -0.1) is 0 Å². The number of hydrogen-bond acceptors (Lipinski definition) is 4. The van der Waals surface area contributed by atoms with Crippen molar-refractivity contribution in [3.63, 3.8) is 0 Å². The molecule has 0 amide bonds. The van der Waals surface area contributed by atoms with E-state index >= 15 is 0 Å². The average molecular weight is 599 g/mol. The lowest BCUT2D eigenvalue weighted by molar-refractivity contribution is 0.940. The van der Waals surface area contributed by atoms with Crippen LogP contribution < -0.4 is 0 Å². The SMILES string of the molecule is Cn1c(-c2cc(-c3nc4ccccc4n3C)c(-c3nc4ccccc4n3C)cc2-c2nc3ccccc3n2C)nc2ccccc21. The summed E-state index contributed by atoms with van der Waals surface area (Å²) < 4.78 is 8.68. The van der Waals surface area contributed by atoms with Gasteiger partial charge in [0.1, 0.15) is 23.3 Å². The number of nitrogens with zero attached hydrogens (tertiary/aromatic N) is 8. The smallest absolute Gasteiger partial charge is 0.141 e. The molecule has 0 aliphatic heterocycles. The number of aryl methyl sites for hydroxylation is 4. The Kier molecular flexibility index (Phi) is 5.59. The number of aromatic nitrogens is 8. The summed E-state index contributed by atoms with van der Waals surface area (Å²) in [4.78, 5) is 20.7. The summed E-state index contributed by atoms with van der Waals surface area (Å²) in [5.41, 5.74) is 11.9. The molecule has 0 atom stereocenters. The third kappa shape index (κ3) is 3.73. The molecule has 0 saturated heterocycles. The second-order valence-electron chi connectivity index (χ2n) is 11.9. The molecule has 4 heterocycles. The fourth-order valence-electron chi connectivity index (χ4n) is 6.89. The van der Waals surface area contributed by atoms with Crippen LogP contribution in [0.25, 0.3) is 89.7 Å². The number of benzene rings is 5. The van der Waals surface area contributed by atoms with Crippen LogP contribution in [0.5, 0.6) is 0 Å². The molecule has 0 aliphatic carbocycles. The molecule has 0 spiro atoms. The van der Waals surface area contributed by atoms with Crippen LogP contribution in [-0.4, -0.2) is 38.2 Å². The second kappa shape index (κ2) is 9.74. The zero-order valence-corrected chi connectivity index (χ0v) is 26.0. The Hall–Kier alpha value is -6.02. The highest BCUT2D eigenvalue weighted by atomic mass is 15.1. The van der Waals surface area contributed by atoms with Crippen LogP contribution in [0, 0.1) is 0 Å². The van der Waals surface area contributed by atoms with Gasteiger partial charge in [0.05, 0.1) is 44.1 Å². The van der Waals surface area contributed by atoms with Gasteiger partial charge in [-0.05, 0) is 60.7 Å². The van der Waals surface area contributed by atoms with E-state index in [9.17, 15) is 0 Å². The molecule has 4 aromatic heterocycles. The zero-order chi connectivity index (χ0) is 31.1. The molecular weight excluding hydrogens is 568 g/mol. The van der Waals surface area contributed by atoms with Crippen LogP contribution in [0.4, 0.5) is 0 Å². The van der Waals surface area contributed by atoms with E-state index in [1.165, 1.54) is 0 Å². The van der Waals surface area contributed by atoms with Gasteiger partial charge in [0.2, 0.25) is 0 Å². The Morgan fingerprint density at radius 2 is 0.543 bits per heavy atom. The van der Waals surface area contributed by atoms with E-state index in [4.69, 9.17) is 19.9 Å². The second-order valence-corrected chi connectivity index (χ2v) is 11.9. The quantitative estimate of drug-likeness (QED) is 0.206. The molecule has 8 nitrogen and oxygen atoms in total. The topological polar surface area (TPSA) is 71.3 Å². The van der Waals surface area contributed by atoms with E-state index in [1.54, 1.807) is 0 Å². The van der Waals surface area contributed by atoms with Crippen LogP contribution in [0.15, 0.2) is 109 Å². The molecule has 46 heavy (non-hydrogen) atoms. The van der Waals surface area contributed by atoms with Gasteiger partial charge in [-0.3, -0.25) is 0 Å². The molecule has 0 bridgehead atoms. The van der Waals surface area contributed by atoms with E-state index in [-0.39, 0.29) is 0 Å². The number of hydrogen-bond donors (Lipinski definition) is 0. The lowest BCUT2D eigenvalue weighted by atomic mass is 9.95. The summed E-state index contributed by atoms with van der Waals surface area (Å²) in [6.07, 6.45) is 0. The fourth-order valence-corrected chi connectivity index (χ4v) is 6.89. The van der Waals surface area contributed by atoms with Crippen LogP contribution in [0.2, 0.25) is 0 Å². The monoisotopic (exact) mass is 598 g/mol. The minimum Gasteiger partial charge on any atom is -0.327 e. The van der Waals surface area contributed by atoms with Crippen molar-refractivity contribution in [1.29, 1.82) is 0 Å². The van der Waals surface area contributed by atoms with Gasteiger partial charge in [0.25, 0.3) is 0 Å². The lowest BCUT2D eigenvalue weighted by Gasteiger charge is -2.17. The standard InChI is InChI=1S/C38H30N8/c1-43-31-17-9-5-13-27(31)39-35(43)23-21-25(37-41-29-15-7-11-19-33(29)45(37)3)26(38-42-30-16-8-12-20-34(30)46(38)4)22-24(23)36-40-28-14-6-10-18-32(28)44(36)2/h5-22H,1-4H3. The Labute approximate surface area is 264 Å². The van der Waals surface area contributed by atoms with Crippen molar-refractivity contribution in [3.8, 4) is 45.6 Å². The molecule has 9 rings (SSSR count). The van der Waals surface area contributed by atoms with Crippen LogP contribution >= 0.6 is 0 Å². The summed E-state index contributed by atoms with van der Waals surface area (Å²) in [5, 5.41) is 0. The van der Waals surface area contributed by atoms with Gasteiger partial charge in [0.15, 0.2) is 0 Å². The van der Waals surface area contributed by atoms with Gasteiger partial charge >= 0.3 is 0 Å². The minimum atomic E-state index is 0.861. The third-order valence-corrected chi connectivity index (χ3v) is 9.27. The first kappa shape index (κ1) is 26.4. The van der Waals surface area contributed by atoms with Crippen LogP contribution in [0.1, 0.15) is 0 Å². The highest BCUT2D eigenvalue weighted by molar-refractivity contribution is 5.96. The first-order valence-corrected chi connectivity index (χ1v) is 15.3. The van der Waals surface area contributed by atoms with Gasteiger partial charge in [-0.1, -0.05) is 48.5 Å². The summed E-state index contributed by atoms with van der Waals surface area (Å²) in [6, 6.07) is 37.5. The molecule has 5 aromatic carbocycles. The third-order valence-electron chi connectivity index (χ3n) is 9.27. The highest BCUT2D eigenvalue weighted by Crippen LogP contribution is 2.43. The van der Waals surface area contributed by atoms with E-state index < -0.39 is 0 Å². The van der Waals surface area contributed by atoms with Gasteiger partial charge < -0.3 is 18.3 Å². The number of fused-ring (bicyclic) bond motifs is 4. The molecule has 8 heteroatoms. The molecule has 0 radical (unpaired) electrons. The Morgan fingerprint density at radius 1 is 0.326 bits per heavy atom. The molecule has 0 fully saturated rings. The van der Waals surface area contributed by atoms with E-state index in [0.29, 0.717) is 0 Å². The maximum absolute atomic E-state index is 5.18. The Bertz CT molecular complexity index is 2280. The summed E-state index contributed by atoms with van der Waals surface area (Å²) in [5.74, 6) is 3.44. The van der Waals surface area contributed by atoms with Crippen molar-refractivity contribution in [2.75, 3.05) is 0 Å². The highest BCUT2D eigenvalue weighted by Gasteiger charge is 2.26. The zero-order valence-electron chi connectivity index (χ0n) is 26.0. The molecule has 0 N–H and O–H groups in total. The van der Waals surface area contributed by atoms with Crippen LogP contribution in [-0.2, 0) is 28.2 Å². The van der Waals surface area contributed by atoms with Crippen molar-refractivity contribution in [1.82, 2.24) is 38.2 Å². The maximum atomic E-state index is 5.18. The maximum Gasteiger partial charge on any atom is 0.141 e. The molecule has 9 aromatic rings. The van der Waals surface area contributed by atoms with Gasteiger partial charge in [-0.25, -0.2) is 19.9 Å². The average Bonchev–Trinajstić information content (AvgIpc) is 3.82. The molecular formula is C38H30N8. The molecule has 222 valence electrons. The summed E-state index contributed by atoms with van der Waals surface area (Å²) >= 11 is 0. The normalized spacial score (nSPS) is 11.9. The molecule has 0 unspecified atom stereocenters. The largest absolute Gasteiger partial charge is 0.327 e. The Morgan fingerprint density at radius 3 is 0.761 bits per heavy atom. The predicted molar refractivity (Wildman–Crippen MR) is 185 cm³/mol. The van der Waals surface area contributed by atoms with E-state index in [2.05, 4.69) is 131 Å². The van der Waals surface area contributed by atoms with E-state index in [0.717, 1.165) is 89.7 Å². The lowest BCUT2D eigenvalue weighted by Crippen LogP contribution is -2.04. The first-order chi connectivity index (χ1) is 22.5.